The summed E-state index contributed by atoms with van der Waals surface area (Å²) in [5.74, 6) is 0.845. The van der Waals surface area contributed by atoms with Crippen LogP contribution >= 0.6 is 0 Å². The Morgan fingerprint density at radius 1 is 1.11 bits per heavy atom. The van der Waals surface area contributed by atoms with Crippen LogP contribution in [0.15, 0.2) is 0 Å². The first-order chi connectivity index (χ1) is 8.29. The molecule has 18 heavy (non-hydrogen) atoms. The van der Waals surface area contributed by atoms with Crippen molar-refractivity contribution in [2.75, 3.05) is 13.6 Å². The number of carbonyl (C=O) groups is 1. The predicted molar refractivity (Wildman–Crippen MR) is 76.5 cm³/mol. The van der Waals surface area contributed by atoms with Crippen LogP contribution in [0.3, 0.4) is 0 Å². The fourth-order valence-electron chi connectivity index (χ4n) is 2.67. The molecule has 1 saturated carbocycles. The van der Waals surface area contributed by atoms with Crippen LogP contribution in [0, 0.1) is 11.3 Å². The van der Waals surface area contributed by atoms with Crippen molar-refractivity contribution in [1.29, 1.82) is 0 Å². The predicted octanol–water partition coefficient (Wildman–Crippen LogP) is 2.71. The van der Waals surface area contributed by atoms with E-state index in [0.29, 0.717) is 0 Å². The molecule has 0 aliphatic heterocycles. The molecular formula is C15H30N2O. The quantitative estimate of drug-likeness (QED) is 0.792. The third-order valence-corrected chi connectivity index (χ3v) is 4.61. The van der Waals surface area contributed by atoms with Crippen molar-refractivity contribution in [2.24, 2.45) is 11.3 Å². The molecule has 106 valence electrons. The zero-order chi connectivity index (χ0) is 13.8. The Bertz CT molecular complexity index is 278. The number of rotatable bonds is 5. The lowest BCUT2D eigenvalue weighted by Gasteiger charge is -2.38. The molecule has 1 fully saturated rings. The van der Waals surface area contributed by atoms with E-state index in [-0.39, 0.29) is 11.3 Å². The van der Waals surface area contributed by atoms with Gasteiger partial charge in [0.2, 0.25) is 5.91 Å². The molecule has 0 spiro atoms. The van der Waals surface area contributed by atoms with Crippen molar-refractivity contribution < 1.29 is 4.79 Å². The van der Waals surface area contributed by atoms with Crippen LogP contribution in [0.25, 0.3) is 0 Å². The van der Waals surface area contributed by atoms with Crippen molar-refractivity contribution in [1.82, 2.24) is 10.6 Å². The summed E-state index contributed by atoms with van der Waals surface area (Å²) in [6, 6.07) is 0. The monoisotopic (exact) mass is 254 g/mol. The second-order valence-corrected chi connectivity index (χ2v) is 6.88. The highest BCUT2D eigenvalue weighted by molar-refractivity contribution is 5.85. The first-order valence-electron chi connectivity index (χ1n) is 7.27. The molecule has 2 N–H and O–H groups in total. The van der Waals surface area contributed by atoms with E-state index < -0.39 is 5.54 Å². The minimum absolute atomic E-state index is 0.0916. The van der Waals surface area contributed by atoms with E-state index in [9.17, 15) is 4.79 Å². The van der Waals surface area contributed by atoms with E-state index in [1.54, 1.807) is 0 Å². The highest BCUT2D eigenvalue weighted by Crippen LogP contribution is 2.37. The van der Waals surface area contributed by atoms with Gasteiger partial charge in [-0.1, -0.05) is 33.1 Å². The van der Waals surface area contributed by atoms with E-state index in [1.165, 1.54) is 32.1 Å². The fourth-order valence-corrected chi connectivity index (χ4v) is 2.67. The molecule has 0 bridgehead atoms. The van der Waals surface area contributed by atoms with Crippen molar-refractivity contribution in [3.63, 3.8) is 0 Å². The number of nitrogens with one attached hydrogen (secondary N) is 2. The molecule has 1 aliphatic carbocycles. The molecule has 0 unspecified atom stereocenters. The molecule has 0 atom stereocenters. The number of carbonyl (C=O) groups excluding carboxylic acids is 1. The summed E-state index contributed by atoms with van der Waals surface area (Å²) in [7, 11) is 1.83. The molecule has 0 radical (unpaired) electrons. The first-order valence-corrected chi connectivity index (χ1v) is 7.27. The Morgan fingerprint density at radius 2 is 1.67 bits per heavy atom. The molecule has 1 rings (SSSR count). The van der Waals surface area contributed by atoms with Gasteiger partial charge in [-0.15, -0.1) is 0 Å². The zero-order valence-electron chi connectivity index (χ0n) is 12.7. The summed E-state index contributed by atoms with van der Waals surface area (Å²) < 4.78 is 0. The van der Waals surface area contributed by atoms with Crippen LogP contribution in [-0.4, -0.2) is 25.0 Å². The zero-order valence-corrected chi connectivity index (χ0v) is 12.7. The summed E-state index contributed by atoms with van der Waals surface area (Å²) in [6.45, 7) is 9.18. The van der Waals surface area contributed by atoms with Crippen LogP contribution < -0.4 is 10.6 Å². The van der Waals surface area contributed by atoms with Crippen LogP contribution in [-0.2, 0) is 4.79 Å². The maximum absolute atomic E-state index is 12.1. The maximum atomic E-state index is 12.1. The Kier molecular flexibility index (Phi) is 5.20. The SMILES string of the molecule is CNC(C)(C)C(=O)NCC(C)(C)C1CCCCC1. The van der Waals surface area contributed by atoms with Crippen LogP contribution in [0.5, 0.6) is 0 Å². The van der Waals surface area contributed by atoms with E-state index >= 15 is 0 Å². The first kappa shape index (κ1) is 15.5. The molecular weight excluding hydrogens is 224 g/mol. The fraction of sp³-hybridized carbons (Fsp3) is 0.933. The molecule has 3 nitrogen and oxygen atoms in total. The van der Waals surface area contributed by atoms with E-state index in [1.807, 2.05) is 20.9 Å². The van der Waals surface area contributed by atoms with Crippen molar-refractivity contribution in [3.05, 3.63) is 0 Å². The molecule has 0 aromatic carbocycles. The molecule has 0 aromatic heterocycles. The molecule has 3 heteroatoms. The number of hydrogen-bond donors (Lipinski definition) is 2. The van der Waals surface area contributed by atoms with Crippen molar-refractivity contribution in [2.45, 2.75) is 65.3 Å². The largest absolute Gasteiger partial charge is 0.354 e. The van der Waals surface area contributed by atoms with Crippen LogP contribution in [0.2, 0.25) is 0 Å². The Hall–Kier alpha value is -0.570. The van der Waals surface area contributed by atoms with Gasteiger partial charge in [0.1, 0.15) is 0 Å². The lowest BCUT2D eigenvalue weighted by atomic mass is 9.71. The van der Waals surface area contributed by atoms with Gasteiger partial charge in [0.15, 0.2) is 0 Å². The van der Waals surface area contributed by atoms with Crippen LogP contribution in [0.1, 0.15) is 59.8 Å². The van der Waals surface area contributed by atoms with Crippen molar-refractivity contribution in [3.8, 4) is 0 Å². The number of hydrogen-bond acceptors (Lipinski definition) is 2. The van der Waals surface area contributed by atoms with Gasteiger partial charge in [0, 0.05) is 6.54 Å². The van der Waals surface area contributed by atoms with Gasteiger partial charge in [0.05, 0.1) is 5.54 Å². The molecule has 1 aliphatic rings. The topological polar surface area (TPSA) is 41.1 Å². The van der Waals surface area contributed by atoms with Gasteiger partial charge in [-0.3, -0.25) is 4.79 Å². The number of amides is 1. The summed E-state index contributed by atoms with van der Waals surface area (Å²) in [6.07, 6.45) is 6.72. The lowest BCUT2D eigenvalue weighted by molar-refractivity contribution is -0.126. The van der Waals surface area contributed by atoms with E-state index in [2.05, 4.69) is 24.5 Å². The highest BCUT2D eigenvalue weighted by Gasteiger charge is 2.32. The average Bonchev–Trinajstić information content (AvgIpc) is 2.37. The highest BCUT2D eigenvalue weighted by atomic mass is 16.2. The van der Waals surface area contributed by atoms with Gasteiger partial charge in [-0.05, 0) is 45.1 Å². The molecule has 0 heterocycles. The normalized spacial score (nSPS) is 18.7. The molecule has 0 aromatic rings. The maximum Gasteiger partial charge on any atom is 0.239 e. The third-order valence-electron chi connectivity index (χ3n) is 4.61. The summed E-state index contributed by atoms with van der Waals surface area (Å²) in [5.41, 5.74) is -0.275. The average molecular weight is 254 g/mol. The number of likely N-dealkylation sites (N-methyl/N-ethyl adjacent to an activating group) is 1. The van der Waals surface area contributed by atoms with Gasteiger partial charge in [-0.25, -0.2) is 0 Å². The van der Waals surface area contributed by atoms with Gasteiger partial charge in [-0.2, -0.15) is 0 Å². The summed E-state index contributed by atoms with van der Waals surface area (Å²) in [5, 5.41) is 6.15. The second kappa shape index (κ2) is 6.05. The molecule has 1 amide bonds. The minimum atomic E-state index is -0.483. The van der Waals surface area contributed by atoms with E-state index in [4.69, 9.17) is 0 Å². The van der Waals surface area contributed by atoms with Crippen molar-refractivity contribution >= 4 is 5.91 Å². The summed E-state index contributed by atoms with van der Waals surface area (Å²) in [4.78, 5) is 12.1. The van der Waals surface area contributed by atoms with E-state index in [0.717, 1.165) is 12.5 Å². The Morgan fingerprint density at radius 3 is 2.17 bits per heavy atom. The third kappa shape index (κ3) is 3.98. The Balaban J connectivity index is 2.48. The standard InChI is InChI=1S/C15H30N2O/c1-14(2,12-9-7-6-8-10-12)11-17-13(18)15(3,4)16-5/h12,16H,6-11H2,1-5H3,(H,17,18). The van der Waals surface area contributed by atoms with Gasteiger partial charge >= 0.3 is 0 Å². The smallest absolute Gasteiger partial charge is 0.239 e. The summed E-state index contributed by atoms with van der Waals surface area (Å²) >= 11 is 0. The minimum Gasteiger partial charge on any atom is -0.354 e. The van der Waals surface area contributed by atoms with Crippen LogP contribution in [0.4, 0.5) is 0 Å². The van der Waals surface area contributed by atoms with Gasteiger partial charge in [0.25, 0.3) is 0 Å². The van der Waals surface area contributed by atoms with Gasteiger partial charge < -0.3 is 10.6 Å². The molecule has 0 saturated heterocycles. The lowest BCUT2D eigenvalue weighted by Crippen LogP contribution is -2.53. The Labute approximate surface area is 112 Å². The second-order valence-electron chi connectivity index (χ2n) is 6.88.